The Morgan fingerprint density at radius 1 is 1.30 bits per heavy atom. The molecule has 0 saturated carbocycles. The van der Waals surface area contributed by atoms with E-state index < -0.39 is 23.6 Å². The summed E-state index contributed by atoms with van der Waals surface area (Å²) < 4.78 is 28.7. The molecule has 0 bridgehead atoms. The third-order valence-corrected chi connectivity index (χ3v) is 5.19. The number of aryl methyl sites for hydroxylation is 1. The molecule has 3 rings (SSSR count). The highest BCUT2D eigenvalue weighted by Gasteiger charge is 2.32. The van der Waals surface area contributed by atoms with Gasteiger partial charge < -0.3 is 15.2 Å². The van der Waals surface area contributed by atoms with Crippen LogP contribution in [-0.2, 0) is 11.8 Å². The molecule has 2 N–H and O–H groups in total. The van der Waals surface area contributed by atoms with E-state index in [0.29, 0.717) is 24.1 Å². The van der Waals surface area contributed by atoms with Crippen LogP contribution in [0.5, 0.6) is 0 Å². The number of hydrogen-bond donors (Lipinski definition) is 1. The van der Waals surface area contributed by atoms with Crippen molar-refractivity contribution in [2.75, 3.05) is 13.1 Å². The Hall–Kier alpha value is -2.54. The molecule has 1 aromatic carbocycles. The Morgan fingerprint density at radius 3 is 2.56 bits per heavy atom. The first-order valence-corrected chi connectivity index (χ1v) is 8.93. The molecule has 1 aliphatic heterocycles. The Morgan fingerprint density at radius 2 is 1.96 bits per heavy atom. The number of likely N-dealkylation sites (tertiary alicyclic amines) is 1. The van der Waals surface area contributed by atoms with Gasteiger partial charge in [-0.1, -0.05) is 31.2 Å². The number of benzene rings is 1. The summed E-state index contributed by atoms with van der Waals surface area (Å²) in [5.41, 5.74) is 7.48. The first-order valence-electron chi connectivity index (χ1n) is 8.93. The minimum Gasteiger partial charge on any atom is -0.338 e. The molecule has 3 atom stereocenters. The van der Waals surface area contributed by atoms with Crippen LogP contribution in [0.3, 0.4) is 0 Å². The molecule has 0 radical (unpaired) electrons. The second kappa shape index (κ2) is 7.60. The number of halogens is 2. The van der Waals surface area contributed by atoms with Gasteiger partial charge in [-0.05, 0) is 17.5 Å². The fraction of sp³-hybridized carbons (Fsp3) is 0.400. The Kier molecular flexibility index (Phi) is 5.41. The van der Waals surface area contributed by atoms with Gasteiger partial charge in [0.05, 0.1) is 12.6 Å². The number of pyridine rings is 1. The van der Waals surface area contributed by atoms with E-state index in [-0.39, 0.29) is 18.4 Å². The fourth-order valence-corrected chi connectivity index (χ4v) is 3.34. The van der Waals surface area contributed by atoms with Crippen LogP contribution in [0.1, 0.15) is 24.8 Å². The van der Waals surface area contributed by atoms with Gasteiger partial charge in [0, 0.05) is 37.3 Å². The van der Waals surface area contributed by atoms with Gasteiger partial charge in [-0.3, -0.25) is 9.59 Å². The molecule has 0 unspecified atom stereocenters. The number of rotatable bonds is 4. The largest absolute Gasteiger partial charge is 0.338 e. The van der Waals surface area contributed by atoms with Crippen molar-refractivity contribution in [1.82, 2.24) is 9.47 Å². The van der Waals surface area contributed by atoms with E-state index in [2.05, 4.69) is 0 Å². The standard InChI is InChI=1S/C20H23F2N3O2/c1-12(19(23)20(27)25-8-7-15(21)10-25)13-3-5-14(6-4-13)16-11-24(2)18(26)9-17(16)22/h3-6,9,11-12,15,19H,7-8,10,23H2,1-2H3/t12-,15-,19-/m0/s1. The van der Waals surface area contributed by atoms with E-state index >= 15 is 0 Å². The second-order valence-corrected chi connectivity index (χ2v) is 7.09. The molecule has 7 heteroatoms. The molecule has 1 amide bonds. The zero-order chi connectivity index (χ0) is 19.7. The van der Waals surface area contributed by atoms with Crippen LogP contribution in [0.4, 0.5) is 8.78 Å². The van der Waals surface area contributed by atoms with Crippen molar-refractivity contribution in [1.29, 1.82) is 0 Å². The van der Waals surface area contributed by atoms with E-state index in [1.807, 2.05) is 6.92 Å². The average Bonchev–Trinajstić information content (AvgIpc) is 3.09. The van der Waals surface area contributed by atoms with Crippen LogP contribution in [0.15, 0.2) is 41.3 Å². The topological polar surface area (TPSA) is 68.3 Å². The van der Waals surface area contributed by atoms with Crippen molar-refractivity contribution < 1.29 is 13.6 Å². The van der Waals surface area contributed by atoms with Crippen LogP contribution in [-0.4, -0.2) is 40.7 Å². The van der Waals surface area contributed by atoms with Crippen LogP contribution in [0.2, 0.25) is 0 Å². The minimum absolute atomic E-state index is 0.101. The highest BCUT2D eigenvalue weighted by Crippen LogP contribution is 2.26. The van der Waals surface area contributed by atoms with Crippen molar-refractivity contribution in [3.63, 3.8) is 0 Å². The normalized spacial score (nSPS) is 19.1. The highest BCUT2D eigenvalue weighted by molar-refractivity contribution is 5.83. The summed E-state index contributed by atoms with van der Waals surface area (Å²) in [5, 5.41) is 0. The molecule has 1 aliphatic rings. The molecule has 1 saturated heterocycles. The van der Waals surface area contributed by atoms with Crippen LogP contribution < -0.4 is 11.3 Å². The van der Waals surface area contributed by atoms with Crippen molar-refractivity contribution in [3.8, 4) is 11.1 Å². The Labute approximate surface area is 156 Å². The maximum absolute atomic E-state index is 14.1. The lowest BCUT2D eigenvalue weighted by Gasteiger charge is -2.25. The van der Waals surface area contributed by atoms with Crippen molar-refractivity contribution in [2.45, 2.75) is 31.5 Å². The Bertz CT molecular complexity index is 895. The van der Waals surface area contributed by atoms with E-state index in [1.54, 1.807) is 31.3 Å². The van der Waals surface area contributed by atoms with Gasteiger partial charge in [0.2, 0.25) is 5.91 Å². The number of nitrogens with zero attached hydrogens (tertiary/aromatic N) is 2. The Balaban J connectivity index is 1.77. The summed E-state index contributed by atoms with van der Waals surface area (Å²) in [7, 11) is 1.56. The molecule has 1 aromatic heterocycles. The predicted molar refractivity (Wildman–Crippen MR) is 99.6 cm³/mol. The van der Waals surface area contributed by atoms with Gasteiger partial charge in [-0.25, -0.2) is 8.78 Å². The van der Waals surface area contributed by atoms with Gasteiger partial charge in [0.1, 0.15) is 12.0 Å². The summed E-state index contributed by atoms with van der Waals surface area (Å²) >= 11 is 0. The summed E-state index contributed by atoms with van der Waals surface area (Å²) in [5.74, 6) is -1.10. The van der Waals surface area contributed by atoms with Crippen LogP contribution >= 0.6 is 0 Å². The van der Waals surface area contributed by atoms with Crippen molar-refractivity contribution >= 4 is 5.91 Å². The first kappa shape index (κ1) is 19.2. The van der Waals surface area contributed by atoms with Crippen molar-refractivity contribution in [3.05, 3.63) is 58.3 Å². The molecule has 1 fully saturated rings. The minimum atomic E-state index is -0.979. The quantitative estimate of drug-likeness (QED) is 0.891. The third-order valence-electron chi connectivity index (χ3n) is 5.19. The number of aromatic nitrogens is 1. The van der Waals surface area contributed by atoms with E-state index in [0.717, 1.165) is 11.6 Å². The molecule has 2 heterocycles. The van der Waals surface area contributed by atoms with Crippen LogP contribution in [0.25, 0.3) is 11.1 Å². The second-order valence-electron chi connectivity index (χ2n) is 7.09. The SMILES string of the molecule is C[C@@H](c1ccc(-c2cn(C)c(=O)cc2F)cc1)[C@H](N)C(=O)N1CC[C@H](F)C1. The third kappa shape index (κ3) is 3.93. The average molecular weight is 375 g/mol. The maximum Gasteiger partial charge on any atom is 0.253 e. The van der Waals surface area contributed by atoms with Gasteiger partial charge >= 0.3 is 0 Å². The lowest BCUT2D eigenvalue weighted by atomic mass is 9.91. The van der Waals surface area contributed by atoms with E-state index in [4.69, 9.17) is 5.73 Å². The first-order chi connectivity index (χ1) is 12.8. The number of hydrogen-bond acceptors (Lipinski definition) is 3. The van der Waals surface area contributed by atoms with Gasteiger partial charge in [0.25, 0.3) is 5.56 Å². The summed E-state index contributed by atoms with van der Waals surface area (Å²) in [6, 6.07) is 7.24. The number of carbonyl (C=O) groups is 1. The summed E-state index contributed by atoms with van der Waals surface area (Å²) in [6.07, 6.45) is 0.825. The molecule has 27 heavy (non-hydrogen) atoms. The lowest BCUT2D eigenvalue weighted by Crippen LogP contribution is -2.45. The molecule has 144 valence electrons. The van der Waals surface area contributed by atoms with Gasteiger partial charge in [-0.2, -0.15) is 0 Å². The lowest BCUT2D eigenvalue weighted by molar-refractivity contribution is -0.132. The van der Waals surface area contributed by atoms with Crippen LogP contribution in [0, 0.1) is 5.82 Å². The zero-order valence-corrected chi connectivity index (χ0v) is 15.4. The van der Waals surface area contributed by atoms with Crippen molar-refractivity contribution in [2.24, 2.45) is 12.8 Å². The molecule has 0 spiro atoms. The molecular weight excluding hydrogens is 352 g/mol. The number of amides is 1. The highest BCUT2D eigenvalue weighted by atomic mass is 19.1. The monoisotopic (exact) mass is 375 g/mol. The molecule has 0 aliphatic carbocycles. The summed E-state index contributed by atoms with van der Waals surface area (Å²) in [6.45, 7) is 2.34. The van der Waals surface area contributed by atoms with E-state index in [1.165, 1.54) is 15.7 Å². The van der Waals surface area contributed by atoms with E-state index in [9.17, 15) is 18.4 Å². The zero-order valence-electron chi connectivity index (χ0n) is 15.4. The van der Waals surface area contributed by atoms with Gasteiger partial charge in [-0.15, -0.1) is 0 Å². The number of nitrogens with two attached hydrogens (primary N) is 1. The fourth-order valence-electron chi connectivity index (χ4n) is 3.34. The molecule has 5 nitrogen and oxygen atoms in total. The predicted octanol–water partition coefficient (Wildman–Crippen LogP) is 2.19. The summed E-state index contributed by atoms with van der Waals surface area (Å²) in [4.78, 5) is 25.4. The number of alkyl halides is 1. The molecule has 2 aromatic rings. The van der Waals surface area contributed by atoms with Gasteiger partial charge in [0.15, 0.2) is 0 Å². The smallest absolute Gasteiger partial charge is 0.253 e. The molecular formula is C20H23F2N3O2. The number of carbonyl (C=O) groups excluding carboxylic acids is 1. The maximum atomic E-state index is 14.1.